The van der Waals surface area contributed by atoms with Gasteiger partial charge in [0.2, 0.25) is 5.82 Å². The fourth-order valence-corrected chi connectivity index (χ4v) is 3.28. The van der Waals surface area contributed by atoms with Crippen molar-refractivity contribution < 1.29 is 4.79 Å². The number of aromatic nitrogens is 4. The highest BCUT2D eigenvalue weighted by Crippen LogP contribution is 2.16. The monoisotopic (exact) mass is 350 g/mol. The summed E-state index contributed by atoms with van der Waals surface area (Å²) in [6.07, 6.45) is 3.80. The summed E-state index contributed by atoms with van der Waals surface area (Å²) in [6.45, 7) is 3.70. The number of piperidine rings is 1. The second kappa shape index (κ2) is 7.61. The zero-order chi connectivity index (χ0) is 17.8. The quantitative estimate of drug-likeness (QED) is 0.762. The number of carbonyl (C=O) groups is 1. The Morgan fingerprint density at radius 3 is 2.62 bits per heavy atom. The molecule has 0 radical (unpaired) electrons. The van der Waals surface area contributed by atoms with Crippen molar-refractivity contribution in [3.63, 3.8) is 0 Å². The maximum atomic E-state index is 12.5. The number of likely N-dealkylation sites (tertiary alicyclic amines) is 1. The van der Waals surface area contributed by atoms with Crippen molar-refractivity contribution in [3.8, 4) is 11.3 Å². The van der Waals surface area contributed by atoms with Crippen molar-refractivity contribution in [2.24, 2.45) is 0 Å². The largest absolute Gasteiger partial charge is 0.348 e. The van der Waals surface area contributed by atoms with Gasteiger partial charge in [-0.05, 0) is 38.1 Å². The molecule has 2 aromatic heterocycles. The van der Waals surface area contributed by atoms with Crippen molar-refractivity contribution in [1.29, 1.82) is 0 Å². The summed E-state index contributed by atoms with van der Waals surface area (Å²) in [7, 11) is 0. The number of hydrogen-bond acceptors (Lipinski definition) is 5. The summed E-state index contributed by atoms with van der Waals surface area (Å²) in [6, 6.07) is 13.6. The lowest BCUT2D eigenvalue weighted by molar-refractivity contribution is 0.0934. The molecule has 1 aromatic carbocycles. The molecule has 1 aliphatic rings. The van der Waals surface area contributed by atoms with Gasteiger partial charge in [0, 0.05) is 18.7 Å². The van der Waals surface area contributed by atoms with Crippen LogP contribution in [-0.2, 0) is 0 Å². The molecular formula is C19H22N6O. The molecule has 1 aliphatic heterocycles. The number of fused-ring (bicyclic) bond motifs is 1. The van der Waals surface area contributed by atoms with Gasteiger partial charge in [-0.3, -0.25) is 4.79 Å². The number of nitrogens with one attached hydrogen (secondary N) is 1. The smallest absolute Gasteiger partial charge is 0.291 e. The molecule has 134 valence electrons. The predicted molar refractivity (Wildman–Crippen MR) is 98.8 cm³/mol. The predicted octanol–water partition coefficient (Wildman–Crippen LogP) is 2.01. The molecule has 0 atom stereocenters. The van der Waals surface area contributed by atoms with Gasteiger partial charge in [-0.2, -0.15) is 9.61 Å². The van der Waals surface area contributed by atoms with E-state index in [-0.39, 0.29) is 11.7 Å². The second-order valence-corrected chi connectivity index (χ2v) is 6.54. The van der Waals surface area contributed by atoms with Gasteiger partial charge < -0.3 is 10.2 Å². The first-order chi connectivity index (χ1) is 12.8. The second-order valence-electron chi connectivity index (χ2n) is 6.54. The van der Waals surface area contributed by atoms with Gasteiger partial charge >= 0.3 is 0 Å². The SMILES string of the molecule is O=C(NCCN1CCCCC1)c1nnc2ccc(-c3ccccc3)nn12. The minimum atomic E-state index is -0.243. The Morgan fingerprint density at radius 1 is 1.00 bits per heavy atom. The van der Waals surface area contributed by atoms with Crippen molar-refractivity contribution in [3.05, 3.63) is 48.3 Å². The average Bonchev–Trinajstić information content (AvgIpc) is 3.13. The van der Waals surface area contributed by atoms with Crippen LogP contribution < -0.4 is 5.32 Å². The number of nitrogens with zero attached hydrogens (tertiary/aromatic N) is 5. The summed E-state index contributed by atoms with van der Waals surface area (Å²) in [5, 5.41) is 15.6. The summed E-state index contributed by atoms with van der Waals surface area (Å²) in [5.74, 6) is -0.0244. The van der Waals surface area contributed by atoms with Gasteiger partial charge in [-0.1, -0.05) is 36.8 Å². The molecular weight excluding hydrogens is 328 g/mol. The number of rotatable bonds is 5. The van der Waals surface area contributed by atoms with Crippen LogP contribution in [0.1, 0.15) is 29.9 Å². The van der Waals surface area contributed by atoms with E-state index >= 15 is 0 Å². The summed E-state index contributed by atoms with van der Waals surface area (Å²) < 4.78 is 1.51. The molecule has 0 unspecified atom stereocenters. The molecule has 3 heterocycles. The van der Waals surface area contributed by atoms with Crippen molar-refractivity contribution in [2.75, 3.05) is 26.2 Å². The van der Waals surface area contributed by atoms with Crippen molar-refractivity contribution >= 4 is 11.6 Å². The lowest BCUT2D eigenvalue weighted by atomic mass is 10.1. The summed E-state index contributed by atoms with van der Waals surface area (Å²) >= 11 is 0. The minimum Gasteiger partial charge on any atom is -0.348 e. The van der Waals surface area contributed by atoms with Crippen LogP contribution in [0.3, 0.4) is 0 Å². The van der Waals surface area contributed by atoms with E-state index < -0.39 is 0 Å². The maximum absolute atomic E-state index is 12.5. The Hall–Kier alpha value is -2.80. The van der Waals surface area contributed by atoms with E-state index in [4.69, 9.17) is 0 Å². The molecule has 0 saturated carbocycles. The molecule has 7 heteroatoms. The highest BCUT2D eigenvalue weighted by molar-refractivity contribution is 5.91. The van der Waals surface area contributed by atoms with Crippen LogP contribution in [0.25, 0.3) is 16.9 Å². The van der Waals surface area contributed by atoms with E-state index in [1.807, 2.05) is 42.5 Å². The lowest BCUT2D eigenvalue weighted by Crippen LogP contribution is -2.38. The molecule has 3 aromatic rings. The van der Waals surface area contributed by atoms with Crippen molar-refractivity contribution in [2.45, 2.75) is 19.3 Å². The fraction of sp³-hybridized carbons (Fsp3) is 0.368. The zero-order valence-corrected chi connectivity index (χ0v) is 14.6. The standard InChI is InChI=1S/C19H22N6O/c26-19(20-11-14-24-12-5-2-6-13-24)18-22-21-17-10-9-16(23-25(17)18)15-7-3-1-4-8-15/h1,3-4,7-10H,2,5-6,11-14H2,(H,20,26). The highest BCUT2D eigenvalue weighted by Gasteiger charge is 2.16. The van der Waals surface area contributed by atoms with Crippen LogP contribution in [0, 0.1) is 0 Å². The van der Waals surface area contributed by atoms with E-state index in [1.54, 1.807) is 0 Å². The van der Waals surface area contributed by atoms with Gasteiger partial charge in [-0.15, -0.1) is 10.2 Å². The average molecular weight is 350 g/mol. The van der Waals surface area contributed by atoms with E-state index in [0.29, 0.717) is 12.2 Å². The minimum absolute atomic E-state index is 0.219. The number of hydrogen-bond donors (Lipinski definition) is 1. The fourth-order valence-electron chi connectivity index (χ4n) is 3.28. The Kier molecular flexibility index (Phi) is 4.88. The van der Waals surface area contributed by atoms with Gasteiger partial charge in [0.1, 0.15) is 0 Å². The van der Waals surface area contributed by atoms with Crippen LogP contribution in [0.4, 0.5) is 0 Å². The Bertz CT molecular complexity index is 885. The third-order valence-corrected chi connectivity index (χ3v) is 4.70. The Morgan fingerprint density at radius 2 is 1.81 bits per heavy atom. The summed E-state index contributed by atoms with van der Waals surface area (Å²) in [5.41, 5.74) is 2.32. The number of carbonyl (C=O) groups excluding carboxylic acids is 1. The Labute approximate surface area is 152 Å². The first-order valence-corrected chi connectivity index (χ1v) is 9.10. The van der Waals surface area contributed by atoms with Crippen LogP contribution in [0.5, 0.6) is 0 Å². The number of amides is 1. The lowest BCUT2D eigenvalue weighted by Gasteiger charge is -2.26. The summed E-state index contributed by atoms with van der Waals surface area (Å²) in [4.78, 5) is 14.9. The molecule has 7 nitrogen and oxygen atoms in total. The van der Waals surface area contributed by atoms with Gasteiger partial charge in [0.05, 0.1) is 5.69 Å². The maximum Gasteiger partial charge on any atom is 0.291 e. The molecule has 0 aliphatic carbocycles. The van der Waals surface area contributed by atoms with Crippen LogP contribution in [0.15, 0.2) is 42.5 Å². The number of benzene rings is 1. The molecule has 1 N–H and O–H groups in total. The normalized spacial score (nSPS) is 15.2. The third kappa shape index (κ3) is 3.57. The van der Waals surface area contributed by atoms with Crippen molar-refractivity contribution in [1.82, 2.24) is 30.0 Å². The van der Waals surface area contributed by atoms with E-state index in [9.17, 15) is 4.79 Å². The van der Waals surface area contributed by atoms with E-state index in [2.05, 4.69) is 25.5 Å². The van der Waals surface area contributed by atoms with Gasteiger partial charge in [0.15, 0.2) is 5.65 Å². The molecule has 0 spiro atoms. The molecule has 4 rings (SSSR count). The third-order valence-electron chi connectivity index (χ3n) is 4.70. The first kappa shape index (κ1) is 16.7. The van der Waals surface area contributed by atoms with Gasteiger partial charge in [-0.25, -0.2) is 0 Å². The van der Waals surface area contributed by atoms with Crippen LogP contribution in [-0.4, -0.2) is 56.8 Å². The molecule has 1 amide bonds. The zero-order valence-electron chi connectivity index (χ0n) is 14.6. The van der Waals surface area contributed by atoms with Crippen LogP contribution in [0.2, 0.25) is 0 Å². The molecule has 26 heavy (non-hydrogen) atoms. The van der Waals surface area contributed by atoms with E-state index in [1.165, 1.54) is 23.8 Å². The van der Waals surface area contributed by atoms with E-state index in [0.717, 1.165) is 30.9 Å². The molecule has 0 bridgehead atoms. The van der Waals surface area contributed by atoms with Crippen LogP contribution >= 0.6 is 0 Å². The topological polar surface area (TPSA) is 75.4 Å². The molecule has 1 fully saturated rings. The van der Waals surface area contributed by atoms with Gasteiger partial charge in [0.25, 0.3) is 5.91 Å². The Balaban J connectivity index is 1.47. The first-order valence-electron chi connectivity index (χ1n) is 9.10. The highest BCUT2D eigenvalue weighted by atomic mass is 16.2. The molecule has 1 saturated heterocycles.